The molecule has 1 fully saturated rings. The van der Waals surface area contributed by atoms with E-state index in [2.05, 4.69) is 10.3 Å². The molecule has 0 radical (unpaired) electrons. The van der Waals surface area contributed by atoms with Gasteiger partial charge < -0.3 is 24.8 Å². The van der Waals surface area contributed by atoms with Crippen LogP contribution in [0.5, 0.6) is 11.5 Å². The first kappa shape index (κ1) is 22.3. The Balaban J connectivity index is 2.21. The van der Waals surface area contributed by atoms with Crippen molar-refractivity contribution in [3.63, 3.8) is 0 Å². The summed E-state index contributed by atoms with van der Waals surface area (Å²) in [6, 6.07) is 5.23. The van der Waals surface area contributed by atoms with Crippen LogP contribution in [0.3, 0.4) is 0 Å². The van der Waals surface area contributed by atoms with Gasteiger partial charge in [0.25, 0.3) is 0 Å². The summed E-state index contributed by atoms with van der Waals surface area (Å²) in [6.07, 6.45) is -0.889. The SMILES string of the molecule is CCNC(=NCC(O)c1cc(OC)ccc1OC)N1CCS(=O)(=O)C(C)(C)C1. The van der Waals surface area contributed by atoms with Gasteiger partial charge in [-0.1, -0.05) is 0 Å². The molecule has 1 unspecified atom stereocenters. The van der Waals surface area contributed by atoms with Crippen LogP contribution in [0.1, 0.15) is 32.4 Å². The summed E-state index contributed by atoms with van der Waals surface area (Å²) in [7, 11) is -0.0333. The average molecular weight is 414 g/mol. The van der Waals surface area contributed by atoms with E-state index in [-0.39, 0.29) is 12.3 Å². The van der Waals surface area contributed by atoms with Crippen molar-refractivity contribution in [3.8, 4) is 11.5 Å². The molecule has 0 aromatic heterocycles. The number of methoxy groups -OCH3 is 2. The second kappa shape index (κ2) is 9.00. The van der Waals surface area contributed by atoms with E-state index in [1.54, 1.807) is 46.3 Å². The van der Waals surface area contributed by atoms with E-state index >= 15 is 0 Å². The van der Waals surface area contributed by atoms with Crippen molar-refractivity contribution in [2.24, 2.45) is 4.99 Å². The molecule has 1 saturated heterocycles. The molecule has 1 aromatic carbocycles. The first-order chi connectivity index (χ1) is 13.1. The zero-order valence-corrected chi connectivity index (χ0v) is 18.0. The van der Waals surface area contributed by atoms with Gasteiger partial charge in [0, 0.05) is 25.2 Å². The standard InChI is InChI=1S/C19H31N3O5S/c1-6-20-18(22-9-10-28(24,25)19(2,3)13-22)21-12-16(23)15-11-14(26-4)7-8-17(15)27-5/h7-8,11,16,23H,6,9-10,12-13H2,1-5H3,(H,20,21). The van der Waals surface area contributed by atoms with Gasteiger partial charge >= 0.3 is 0 Å². The Morgan fingerprint density at radius 3 is 2.64 bits per heavy atom. The third-order valence-electron chi connectivity index (χ3n) is 4.89. The lowest BCUT2D eigenvalue weighted by Gasteiger charge is -2.39. The average Bonchev–Trinajstić information content (AvgIpc) is 2.66. The van der Waals surface area contributed by atoms with Gasteiger partial charge in [0.1, 0.15) is 17.6 Å². The van der Waals surface area contributed by atoms with Crippen LogP contribution < -0.4 is 14.8 Å². The lowest BCUT2D eigenvalue weighted by atomic mass is 10.1. The van der Waals surface area contributed by atoms with Crippen molar-refractivity contribution in [2.75, 3.05) is 46.2 Å². The molecule has 8 nitrogen and oxygen atoms in total. The topological polar surface area (TPSA) is 100 Å². The quantitative estimate of drug-likeness (QED) is 0.534. The number of aliphatic imine (C=N–C) groups is 1. The van der Waals surface area contributed by atoms with Gasteiger partial charge in [0.15, 0.2) is 15.8 Å². The number of nitrogens with one attached hydrogen (secondary N) is 1. The lowest BCUT2D eigenvalue weighted by Crippen LogP contribution is -2.57. The summed E-state index contributed by atoms with van der Waals surface area (Å²) in [6.45, 7) is 6.87. The van der Waals surface area contributed by atoms with Crippen LogP contribution in [0.25, 0.3) is 0 Å². The highest BCUT2D eigenvalue weighted by Crippen LogP contribution is 2.30. The van der Waals surface area contributed by atoms with Gasteiger partial charge in [-0.15, -0.1) is 0 Å². The Bertz CT molecular complexity index is 808. The van der Waals surface area contributed by atoms with Crippen LogP contribution in [0.15, 0.2) is 23.2 Å². The number of ether oxygens (including phenoxy) is 2. The molecule has 0 saturated carbocycles. The number of nitrogens with zero attached hydrogens (tertiary/aromatic N) is 2. The zero-order chi connectivity index (χ0) is 20.9. The Kier molecular flexibility index (Phi) is 7.16. The Morgan fingerprint density at radius 1 is 1.36 bits per heavy atom. The van der Waals surface area contributed by atoms with E-state index in [9.17, 15) is 13.5 Å². The molecule has 2 N–H and O–H groups in total. The number of hydrogen-bond acceptors (Lipinski definition) is 6. The molecular formula is C19H31N3O5S. The van der Waals surface area contributed by atoms with Crippen molar-refractivity contribution >= 4 is 15.8 Å². The smallest absolute Gasteiger partial charge is 0.194 e. The Hall–Kier alpha value is -2.00. The van der Waals surface area contributed by atoms with Crippen molar-refractivity contribution < 1.29 is 23.0 Å². The third-order valence-corrected chi connectivity index (χ3v) is 7.42. The van der Waals surface area contributed by atoms with E-state index < -0.39 is 20.7 Å². The largest absolute Gasteiger partial charge is 0.497 e. The number of aliphatic hydroxyl groups is 1. The Morgan fingerprint density at radius 2 is 2.07 bits per heavy atom. The lowest BCUT2D eigenvalue weighted by molar-refractivity contribution is 0.181. The summed E-state index contributed by atoms with van der Waals surface area (Å²) >= 11 is 0. The number of sulfone groups is 1. The second-order valence-electron chi connectivity index (χ2n) is 7.32. The van der Waals surface area contributed by atoms with Gasteiger partial charge in [0.2, 0.25) is 0 Å². The van der Waals surface area contributed by atoms with E-state index in [4.69, 9.17) is 9.47 Å². The van der Waals surface area contributed by atoms with E-state index in [0.29, 0.717) is 42.7 Å². The number of guanidine groups is 1. The molecule has 0 aliphatic carbocycles. The number of aliphatic hydroxyl groups excluding tert-OH is 1. The summed E-state index contributed by atoms with van der Waals surface area (Å²) < 4.78 is 34.2. The molecule has 1 heterocycles. The Labute approximate surface area is 167 Å². The molecule has 2 rings (SSSR count). The van der Waals surface area contributed by atoms with Crippen molar-refractivity contribution in [1.29, 1.82) is 0 Å². The molecule has 1 atom stereocenters. The van der Waals surface area contributed by atoms with Crippen LogP contribution in [-0.4, -0.2) is 75.3 Å². The van der Waals surface area contributed by atoms with Crippen molar-refractivity contribution in [1.82, 2.24) is 10.2 Å². The van der Waals surface area contributed by atoms with Gasteiger partial charge in [-0.05, 0) is 39.0 Å². The van der Waals surface area contributed by atoms with Crippen LogP contribution in [0.2, 0.25) is 0 Å². The third kappa shape index (κ3) is 4.88. The molecular weight excluding hydrogens is 382 g/mol. The maximum absolute atomic E-state index is 12.3. The van der Waals surface area contributed by atoms with Crippen LogP contribution in [0.4, 0.5) is 0 Å². The van der Waals surface area contributed by atoms with E-state index in [1.807, 2.05) is 11.8 Å². The van der Waals surface area contributed by atoms with Crippen molar-refractivity contribution in [3.05, 3.63) is 23.8 Å². The van der Waals surface area contributed by atoms with Gasteiger partial charge in [-0.2, -0.15) is 0 Å². The monoisotopic (exact) mass is 413 g/mol. The molecule has 1 aliphatic heterocycles. The van der Waals surface area contributed by atoms with E-state index in [0.717, 1.165) is 0 Å². The number of hydrogen-bond donors (Lipinski definition) is 2. The predicted octanol–water partition coefficient (Wildman–Crippen LogP) is 1.21. The highest BCUT2D eigenvalue weighted by Gasteiger charge is 2.41. The maximum Gasteiger partial charge on any atom is 0.194 e. The van der Waals surface area contributed by atoms with Crippen LogP contribution in [-0.2, 0) is 9.84 Å². The highest BCUT2D eigenvalue weighted by atomic mass is 32.2. The van der Waals surface area contributed by atoms with Crippen molar-refractivity contribution in [2.45, 2.75) is 31.6 Å². The number of rotatable bonds is 6. The molecule has 158 valence electrons. The first-order valence-corrected chi connectivity index (χ1v) is 11.0. The molecule has 0 bridgehead atoms. The predicted molar refractivity (Wildman–Crippen MR) is 110 cm³/mol. The zero-order valence-electron chi connectivity index (χ0n) is 17.2. The molecule has 28 heavy (non-hydrogen) atoms. The summed E-state index contributed by atoms with van der Waals surface area (Å²) in [4.78, 5) is 6.48. The summed E-state index contributed by atoms with van der Waals surface area (Å²) in [5, 5.41) is 13.9. The summed E-state index contributed by atoms with van der Waals surface area (Å²) in [5.74, 6) is 1.84. The normalized spacial score (nSPS) is 19.8. The van der Waals surface area contributed by atoms with Gasteiger partial charge in [0.05, 0.1) is 31.3 Å². The van der Waals surface area contributed by atoms with Crippen LogP contribution in [0, 0.1) is 0 Å². The van der Waals surface area contributed by atoms with E-state index in [1.165, 1.54) is 0 Å². The second-order valence-corrected chi connectivity index (χ2v) is 10.1. The highest BCUT2D eigenvalue weighted by molar-refractivity contribution is 7.92. The molecule has 0 amide bonds. The van der Waals surface area contributed by atoms with Gasteiger partial charge in [-0.3, -0.25) is 4.99 Å². The maximum atomic E-state index is 12.3. The minimum absolute atomic E-state index is 0.0800. The summed E-state index contributed by atoms with van der Waals surface area (Å²) in [5.41, 5.74) is 0.586. The number of benzene rings is 1. The molecule has 9 heteroatoms. The fourth-order valence-electron chi connectivity index (χ4n) is 3.12. The fraction of sp³-hybridized carbons (Fsp3) is 0.632. The molecule has 1 aromatic rings. The van der Waals surface area contributed by atoms with Gasteiger partial charge in [-0.25, -0.2) is 8.42 Å². The minimum atomic E-state index is -3.14. The fourth-order valence-corrected chi connectivity index (χ4v) is 4.49. The first-order valence-electron chi connectivity index (χ1n) is 9.30. The molecule has 0 spiro atoms. The minimum Gasteiger partial charge on any atom is -0.497 e. The molecule has 1 aliphatic rings. The van der Waals surface area contributed by atoms with Crippen LogP contribution >= 0.6 is 0 Å².